The first-order chi connectivity index (χ1) is 19.4. The Bertz CT molecular complexity index is 1420. The van der Waals surface area contributed by atoms with Crippen molar-refractivity contribution in [2.24, 2.45) is 10.8 Å². The average Bonchev–Trinajstić information content (AvgIpc) is 2.79. The maximum absolute atomic E-state index is 13.7. The van der Waals surface area contributed by atoms with Gasteiger partial charge < -0.3 is 19.7 Å². The fourth-order valence-electron chi connectivity index (χ4n) is 4.35. The van der Waals surface area contributed by atoms with Gasteiger partial charge in [0.25, 0.3) is 0 Å². The molecule has 1 atom stereocenters. The van der Waals surface area contributed by atoms with Crippen molar-refractivity contribution in [3.63, 3.8) is 0 Å². The lowest BCUT2D eigenvalue weighted by atomic mass is 9.82. The van der Waals surface area contributed by atoms with E-state index in [0.717, 1.165) is 31.1 Å². The van der Waals surface area contributed by atoms with Crippen molar-refractivity contribution < 1.29 is 24.0 Å². The van der Waals surface area contributed by atoms with Crippen LogP contribution >= 0.6 is 34.3 Å². The molecule has 0 bridgehead atoms. The molecule has 0 spiro atoms. The predicted molar refractivity (Wildman–Crippen MR) is 186 cm³/mol. The Morgan fingerprint density at radius 1 is 0.860 bits per heavy atom. The summed E-state index contributed by atoms with van der Waals surface area (Å²) in [6.45, 7) is 24.8. The Labute approximate surface area is 268 Å². The number of carboxylic acids is 1. The van der Waals surface area contributed by atoms with Crippen LogP contribution in [0.4, 0.5) is 0 Å². The number of carbonyl (C=O) groups is 2. The standard InChI is InChI=1S/C34H47NO5S3/c1-31(2,3)24-15-20(16-25(43(24)39)32(4,5)6)13-22-29(35-19-26(36)37)23(30(22)38)14-21-17-27(41-33(7,8)9)40-28(18-21)42-34(10,11)12/h13-18,35,39H,19H2,1-12H3,(H,36,37). The van der Waals surface area contributed by atoms with Crippen molar-refractivity contribution in [1.82, 2.24) is 5.32 Å². The Hall–Kier alpha value is -2.20. The van der Waals surface area contributed by atoms with Crippen LogP contribution in [0.2, 0.25) is 0 Å². The van der Waals surface area contributed by atoms with Crippen molar-refractivity contribution in [3.8, 4) is 0 Å². The number of carbonyl (C=O) groups excluding carboxylic acids is 1. The van der Waals surface area contributed by atoms with E-state index in [1.54, 1.807) is 29.6 Å². The second-order valence-electron chi connectivity index (χ2n) is 14.8. The Morgan fingerprint density at radius 2 is 1.40 bits per heavy atom. The van der Waals surface area contributed by atoms with Gasteiger partial charge in [0, 0.05) is 30.4 Å². The van der Waals surface area contributed by atoms with Gasteiger partial charge in [-0.1, -0.05) is 107 Å². The van der Waals surface area contributed by atoms with Gasteiger partial charge >= 0.3 is 5.97 Å². The first-order valence-corrected chi connectivity index (χ1v) is 17.2. The van der Waals surface area contributed by atoms with Crippen LogP contribution < -0.4 is 5.32 Å². The van der Waals surface area contributed by atoms with E-state index in [1.807, 2.05) is 30.4 Å². The lowest BCUT2D eigenvalue weighted by Crippen LogP contribution is -2.34. The molecule has 0 aromatic carbocycles. The monoisotopic (exact) mass is 645 g/mol. The molecule has 236 valence electrons. The second-order valence-corrected chi connectivity index (χ2v) is 19.9. The minimum atomic E-state index is -1.04. The molecule has 2 aliphatic heterocycles. The number of aliphatic carboxylic acids is 1. The molecule has 0 aromatic rings. The van der Waals surface area contributed by atoms with Gasteiger partial charge in [0.15, 0.2) is 16.0 Å². The van der Waals surface area contributed by atoms with Crippen molar-refractivity contribution in [1.29, 1.82) is 0 Å². The quantitative estimate of drug-likeness (QED) is 0.187. The van der Waals surface area contributed by atoms with Crippen molar-refractivity contribution in [3.05, 3.63) is 79.5 Å². The molecule has 43 heavy (non-hydrogen) atoms. The van der Waals surface area contributed by atoms with Crippen LogP contribution in [0.15, 0.2) is 79.5 Å². The zero-order valence-corrected chi connectivity index (χ0v) is 30.0. The van der Waals surface area contributed by atoms with Crippen LogP contribution in [0, 0.1) is 10.8 Å². The molecule has 1 aliphatic carbocycles. The number of thioether (sulfide) groups is 2. The highest BCUT2D eigenvalue weighted by atomic mass is 32.2. The van der Waals surface area contributed by atoms with Crippen molar-refractivity contribution in [2.45, 2.75) is 92.6 Å². The zero-order valence-electron chi connectivity index (χ0n) is 27.5. The fourth-order valence-corrected chi connectivity index (χ4v) is 8.15. The van der Waals surface area contributed by atoms with Crippen molar-refractivity contribution >= 4 is 50.9 Å². The van der Waals surface area contributed by atoms with Gasteiger partial charge in [0.05, 0.1) is 5.70 Å². The summed E-state index contributed by atoms with van der Waals surface area (Å²) < 4.78 is 17.3. The van der Waals surface area contributed by atoms with Gasteiger partial charge in [-0.3, -0.25) is 9.59 Å². The lowest BCUT2D eigenvalue weighted by molar-refractivity contribution is -0.135. The molecule has 3 N–H and O–H groups in total. The number of hydrogen-bond acceptors (Lipinski definition) is 7. The lowest BCUT2D eigenvalue weighted by Gasteiger charge is -2.32. The van der Waals surface area contributed by atoms with E-state index in [1.165, 1.54) is 0 Å². The zero-order chi connectivity index (χ0) is 32.7. The van der Waals surface area contributed by atoms with Crippen molar-refractivity contribution in [2.75, 3.05) is 6.54 Å². The molecule has 1 unspecified atom stereocenters. The van der Waals surface area contributed by atoms with Gasteiger partial charge in [-0.25, -0.2) is 0 Å². The summed E-state index contributed by atoms with van der Waals surface area (Å²) in [5, 5.41) is 13.9. The molecule has 0 aromatic heterocycles. The number of rotatable bonds is 7. The van der Waals surface area contributed by atoms with Crippen LogP contribution in [0.25, 0.3) is 0 Å². The molecule has 0 saturated carbocycles. The van der Waals surface area contributed by atoms with E-state index in [0.29, 0.717) is 16.8 Å². The highest BCUT2D eigenvalue weighted by Gasteiger charge is 2.35. The topological polar surface area (TPSA) is 95.9 Å². The highest BCUT2D eigenvalue weighted by molar-refractivity contribution is 8.14. The van der Waals surface area contributed by atoms with Crippen LogP contribution in [-0.4, -0.2) is 42.3 Å². The largest absolute Gasteiger partial charge is 0.480 e. The number of ketones is 1. The highest BCUT2D eigenvalue weighted by Crippen LogP contribution is 2.46. The number of nitrogens with one attached hydrogen (secondary N) is 1. The molecule has 6 nitrogen and oxygen atoms in total. The maximum Gasteiger partial charge on any atom is 0.322 e. The summed E-state index contributed by atoms with van der Waals surface area (Å²) in [6, 6.07) is 0. The minimum Gasteiger partial charge on any atom is -0.480 e. The molecule has 3 rings (SSSR count). The molecule has 0 fully saturated rings. The number of ether oxygens (including phenoxy) is 1. The van der Waals surface area contributed by atoms with E-state index in [4.69, 9.17) is 4.74 Å². The maximum atomic E-state index is 13.7. The molecule has 3 aliphatic rings. The Morgan fingerprint density at radius 3 is 1.84 bits per heavy atom. The number of allylic oxidation sites excluding steroid dienone is 11. The summed E-state index contributed by atoms with van der Waals surface area (Å²) >= 11 is 3.22. The van der Waals surface area contributed by atoms with E-state index in [9.17, 15) is 19.2 Å². The third kappa shape index (κ3) is 9.64. The third-order valence-corrected chi connectivity index (χ3v) is 10.5. The third-order valence-electron chi connectivity index (χ3n) is 6.14. The first-order valence-electron chi connectivity index (χ1n) is 14.4. The van der Waals surface area contributed by atoms with Gasteiger partial charge in [0.1, 0.15) is 6.54 Å². The summed E-state index contributed by atoms with van der Waals surface area (Å²) in [4.78, 5) is 27.0. The first kappa shape index (κ1) is 35.3. The normalized spacial score (nSPS) is 21.1. The molecule has 9 heteroatoms. The molecule has 0 saturated heterocycles. The molecule has 0 radical (unpaired) electrons. The molecule has 2 heterocycles. The molecular weight excluding hydrogens is 599 g/mol. The minimum absolute atomic E-state index is 0.0777. The summed E-state index contributed by atoms with van der Waals surface area (Å²) in [6.07, 6.45) is 11.4. The Balaban J connectivity index is 2.15. The van der Waals surface area contributed by atoms with E-state index in [2.05, 4.69) is 88.4 Å². The number of Topliss-reactive ketones (excluding diaryl/α,β-unsaturated/α-hetero) is 1. The van der Waals surface area contributed by atoms with Crippen LogP contribution in [0.3, 0.4) is 0 Å². The van der Waals surface area contributed by atoms with Crippen LogP contribution in [-0.2, 0) is 14.3 Å². The second kappa shape index (κ2) is 12.7. The van der Waals surface area contributed by atoms with Crippen LogP contribution in [0.1, 0.15) is 83.1 Å². The van der Waals surface area contributed by atoms with Gasteiger partial charge in [-0.2, -0.15) is 0 Å². The number of hydrogen-bond donors (Lipinski definition) is 3. The van der Waals surface area contributed by atoms with E-state index >= 15 is 0 Å². The summed E-state index contributed by atoms with van der Waals surface area (Å²) in [5.41, 5.74) is 2.40. The smallest absolute Gasteiger partial charge is 0.322 e. The Kier molecular flexibility index (Phi) is 10.4. The van der Waals surface area contributed by atoms with Gasteiger partial charge in [-0.15, -0.1) is 0 Å². The van der Waals surface area contributed by atoms with Gasteiger partial charge in [0.2, 0.25) is 0 Å². The summed E-state index contributed by atoms with van der Waals surface area (Å²) in [7, 11) is -1.04. The fraction of sp³-hybridized carbons (Fsp3) is 0.500. The SMILES string of the molecule is CC(C)(C)SC1=CC(=CC2=C(NCC(=O)O)C(=CC3=CC(C(C)(C)C)=S(O)C(C(C)(C)C)=C3)C2=O)C=C(SC(C)(C)C)O1. The van der Waals surface area contributed by atoms with Gasteiger partial charge in [-0.05, 0) is 69.2 Å². The van der Waals surface area contributed by atoms with E-state index in [-0.39, 0.29) is 32.7 Å². The molecular formula is C34H47NO5S3. The summed E-state index contributed by atoms with van der Waals surface area (Å²) in [5.74, 6) is -1.18. The van der Waals surface area contributed by atoms with E-state index < -0.39 is 16.7 Å². The van der Waals surface area contributed by atoms with Crippen LogP contribution in [0.5, 0.6) is 0 Å². The molecule has 0 amide bonds. The average molecular weight is 646 g/mol. The predicted octanol–water partition coefficient (Wildman–Crippen LogP) is 8.96. The number of carboxylic acid groups (broad SMARTS) is 1.